The third-order valence-corrected chi connectivity index (χ3v) is 3.29. The van der Waals surface area contributed by atoms with Gasteiger partial charge in [-0.15, -0.1) is 0 Å². The molecular weight excluding hydrogens is 311 g/mol. The Hall–Kier alpha value is -1.88. The van der Waals surface area contributed by atoms with Gasteiger partial charge >= 0.3 is 0 Å². The topological polar surface area (TPSA) is 55.1 Å². The first-order valence-electron chi connectivity index (χ1n) is 5.60. The van der Waals surface area contributed by atoms with Crippen LogP contribution in [0.15, 0.2) is 40.9 Å². The summed E-state index contributed by atoms with van der Waals surface area (Å²) in [4.78, 5) is 12.0. The molecule has 0 aliphatic rings. The molecule has 2 aromatic rings. The molecule has 5 heteroatoms. The van der Waals surface area contributed by atoms with Crippen molar-refractivity contribution in [1.29, 1.82) is 0 Å². The Labute approximate surface area is 118 Å². The van der Waals surface area contributed by atoms with Crippen LogP contribution in [0, 0.1) is 12.7 Å². The summed E-state index contributed by atoms with van der Waals surface area (Å²) in [6.07, 6.45) is 0. The van der Waals surface area contributed by atoms with E-state index >= 15 is 0 Å². The van der Waals surface area contributed by atoms with Gasteiger partial charge in [0.25, 0.3) is 5.91 Å². The van der Waals surface area contributed by atoms with E-state index in [0.29, 0.717) is 5.69 Å². The summed E-state index contributed by atoms with van der Waals surface area (Å²) in [5.74, 6) is -0.840. The number of nitrogens with one attached hydrogen (secondary N) is 1. The van der Waals surface area contributed by atoms with Crippen LogP contribution in [-0.2, 0) is 0 Å². The van der Waals surface area contributed by atoms with Crippen molar-refractivity contribution in [3.05, 3.63) is 57.8 Å². The summed E-state index contributed by atoms with van der Waals surface area (Å²) in [5, 5.41) is 2.73. The molecule has 0 unspecified atom stereocenters. The van der Waals surface area contributed by atoms with E-state index in [1.165, 1.54) is 12.1 Å². The molecule has 0 spiro atoms. The molecule has 2 aromatic carbocycles. The number of benzene rings is 2. The van der Waals surface area contributed by atoms with E-state index in [9.17, 15) is 9.18 Å². The van der Waals surface area contributed by atoms with Gasteiger partial charge in [-0.3, -0.25) is 4.79 Å². The third-order valence-electron chi connectivity index (χ3n) is 2.63. The second-order valence-electron chi connectivity index (χ2n) is 4.17. The molecule has 0 radical (unpaired) electrons. The average molecular weight is 323 g/mol. The summed E-state index contributed by atoms with van der Waals surface area (Å²) >= 11 is 3.37. The minimum absolute atomic E-state index is 0.112. The number of nitrogen functional groups attached to an aromatic ring is 1. The lowest BCUT2D eigenvalue weighted by Crippen LogP contribution is -2.14. The van der Waals surface area contributed by atoms with Gasteiger partial charge < -0.3 is 11.1 Å². The first-order valence-corrected chi connectivity index (χ1v) is 6.39. The van der Waals surface area contributed by atoms with Crippen LogP contribution in [0.5, 0.6) is 0 Å². The second-order valence-corrected chi connectivity index (χ2v) is 5.02. The summed E-state index contributed by atoms with van der Waals surface area (Å²) in [6.45, 7) is 1.95. The van der Waals surface area contributed by atoms with Crippen LogP contribution in [0.25, 0.3) is 0 Å². The highest BCUT2D eigenvalue weighted by Gasteiger charge is 2.12. The van der Waals surface area contributed by atoms with Crippen LogP contribution in [0.2, 0.25) is 0 Å². The average Bonchev–Trinajstić information content (AvgIpc) is 2.32. The maximum Gasteiger partial charge on any atom is 0.257 e. The predicted octanol–water partition coefficient (Wildman–Crippen LogP) is 3.73. The molecule has 0 saturated carbocycles. The number of hydrogen-bond donors (Lipinski definition) is 2. The predicted molar refractivity (Wildman–Crippen MR) is 77.6 cm³/mol. The SMILES string of the molecule is Cc1ccc(NC(=O)c2ccc(F)cc2N)c(Br)c1. The summed E-state index contributed by atoms with van der Waals surface area (Å²) in [5.41, 5.74) is 7.70. The maximum absolute atomic E-state index is 12.9. The smallest absolute Gasteiger partial charge is 0.257 e. The van der Waals surface area contributed by atoms with Gasteiger partial charge in [0.2, 0.25) is 0 Å². The molecule has 19 heavy (non-hydrogen) atoms. The van der Waals surface area contributed by atoms with E-state index in [1.807, 2.05) is 19.1 Å². The highest BCUT2D eigenvalue weighted by atomic mass is 79.9. The van der Waals surface area contributed by atoms with E-state index in [1.54, 1.807) is 6.07 Å². The highest BCUT2D eigenvalue weighted by Crippen LogP contribution is 2.24. The Bertz CT molecular complexity index is 643. The van der Waals surface area contributed by atoms with Gasteiger partial charge in [0, 0.05) is 10.2 Å². The van der Waals surface area contributed by atoms with Crippen molar-refractivity contribution in [3.63, 3.8) is 0 Å². The quantitative estimate of drug-likeness (QED) is 0.828. The van der Waals surface area contributed by atoms with E-state index < -0.39 is 5.82 Å². The summed E-state index contributed by atoms with van der Waals surface area (Å²) in [7, 11) is 0. The number of hydrogen-bond acceptors (Lipinski definition) is 2. The summed E-state index contributed by atoms with van der Waals surface area (Å²) in [6, 6.07) is 9.26. The normalized spacial score (nSPS) is 10.3. The van der Waals surface area contributed by atoms with E-state index in [0.717, 1.165) is 16.1 Å². The highest BCUT2D eigenvalue weighted by molar-refractivity contribution is 9.10. The molecule has 3 nitrogen and oxygen atoms in total. The van der Waals surface area contributed by atoms with Crippen molar-refractivity contribution in [2.24, 2.45) is 0 Å². The maximum atomic E-state index is 12.9. The number of carbonyl (C=O) groups is 1. The van der Waals surface area contributed by atoms with Crippen LogP contribution in [0.3, 0.4) is 0 Å². The third kappa shape index (κ3) is 3.12. The molecule has 2 rings (SSSR count). The zero-order valence-corrected chi connectivity index (χ0v) is 11.8. The van der Waals surface area contributed by atoms with Crippen molar-refractivity contribution >= 4 is 33.2 Å². The van der Waals surface area contributed by atoms with Crippen LogP contribution in [-0.4, -0.2) is 5.91 Å². The molecule has 3 N–H and O–H groups in total. The lowest BCUT2D eigenvalue weighted by Gasteiger charge is -2.09. The molecule has 0 heterocycles. The van der Waals surface area contributed by atoms with Gasteiger partial charge in [-0.05, 0) is 58.7 Å². The van der Waals surface area contributed by atoms with Crippen LogP contribution < -0.4 is 11.1 Å². The Morgan fingerprint density at radius 2 is 2.00 bits per heavy atom. The van der Waals surface area contributed by atoms with Gasteiger partial charge in [-0.2, -0.15) is 0 Å². The zero-order chi connectivity index (χ0) is 14.0. The molecule has 0 atom stereocenters. The van der Waals surface area contributed by atoms with Crippen molar-refractivity contribution in [2.45, 2.75) is 6.92 Å². The number of rotatable bonds is 2. The minimum Gasteiger partial charge on any atom is -0.398 e. The van der Waals surface area contributed by atoms with Crippen LogP contribution in [0.1, 0.15) is 15.9 Å². The standard InChI is InChI=1S/C14H12BrFN2O/c1-8-2-5-13(11(15)6-8)18-14(19)10-4-3-9(16)7-12(10)17/h2-7H,17H2,1H3,(H,18,19). The fraction of sp³-hybridized carbons (Fsp3) is 0.0714. The van der Waals surface area contributed by atoms with Gasteiger partial charge in [0.1, 0.15) is 5.82 Å². The Morgan fingerprint density at radius 1 is 1.26 bits per heavy atom. The Balaban J connectivity index is 2.25. The van der Waals surface area contributed by atoms with Gasteiger partial charge in [-0.1, -0.05) is 6.07 Å². The Kier molecular flexibility index (Phi) is 3.85. The zero-order valence-electron chi connectivity index (χ0n) is 10.2. The molecule has 0 aromatic heterocycles. The molecule has 0 saturated heterocycles. The van der Waals surface area contributed by atoms with E-state index in [4.69, 9.17) is 5.73 Å². The lowest BCUT2D eigenvalue weighted by molar-refractivity contribution is 0.102. The number of anilines is 2. The Morgan fingerprint density at radius 3 is 2.63 bits per heavy atom. The number of aryl methyl sites for hydroxylation is 1. The van der Waals surface area contributed by atoms with E-state index in [-0.39, 0.29) is 17.2 Å². The second kappa shape index (κ2) is 5.40. The molecule has 1 amide bonds. The van der Waals surface area contributed by atoms with Gasteiger partial charge in [-0.25, -0.2) is 4.39 Å². The number of halogens is 2. The molecule has 0 fully saturated rings. The first-order chi connectivity index (χ1) is 8.97. The number of amides is 1. The molecule has 98 valence electrons. The van der Waals surface area contributed by atoms with Crippen LogP contribution >= 0.6 is 15.9 Å². The van der Waals surface area contributed by atoms with E-state index in [2.05, 4.69) is 21.2 Å². The molecule has 0 aliphatic carbocycles. The fourth-order valence-electron chi connectivity index (χ4n) is 1.65. The number of carbonyl (C=O) groups excluding carboxylic acids is 1. The van der Waals surface area contributed by atoms with Gasteiger partial charge in [0.15, 0.2) is 0 Å². The largest absolute Gasteiger partial charge is 0.398 e. The van der Waals surface area contributed by atoms with Crippen LogP contribution in [0.4, 0.5) is 15.8 Å². The fourth-order valence-corrected chi connectivity index (χ4v) is 2.24. The minimum atomic E-state index is -0.467. The molecule has 0 bridgehead atoms. The van der Waals surface area contributed by atoms with Crippen molar-refractivity contribution in [1.82, 2.24) is 0 Å². The molecule has 0 aliphatic heterocycles. The lowest BCUT2D eigenvalue weighted by atomic mass is 10.1. The monoisotopic (exact) mass is 322 g/mol. The van der Waals surface area contributed by atoms with Gasteiger partial charge in [0.05, 0.1) is 11.3 Å². The van der Waals surface area contributed by atoms with Crippen molar-refractivity contribution < 1.29 is 9.18 Å². The number of nitrogens with two attached hydrogens (primary N) is 1. The van der Waals surface area contributed by atoms with Crippen molar-refractivity contribution in [2.75, 3.05) is 11.1 Å². The summed E-state index contributed by atoms with van der Waals surface area (Å²) < 4.78 is 13.7. The molecular formula is C14H12BrFN2O. The first kappa shape index (κ1) is 13.5. The van der Waals surface area contributed by atoms with Crippen molar-refractivity contribution in [3.8, 4) is 0 Å².